The molecule has 0 saturated heterocycles. The largest absolute Gasteiger partial charge is 0.492 e. The topological polar surface area (TPSA) is 26.3 Å². The van der Waals surface area contributed by atoms with Crippen LogP contribution in [0.25, 0.3) is 0 Å². The minimum absolute atomic E-state index is 0.00252. The SMILES string of the molecule is CSCC1COc2ccc(C(C)(C)C)cc2C1=O. The van der Waals surface area contributed by atoms with Crippen molar-refractivity contribution in [1.82, 2.24) is 0 Å². The van der Waals surface area contributed by atoms with Gasteiger partial charge in [-0.25, -0.2) is 0 Å². The Morgan fingerprint density at radius 2 is 2.11 bits per heavy atom. The molecule has 0 N–H and O–H groups in total. The maximum atomic E-state index is 12.4. The number of fused-ring (bicyclic) bond motifs is 1. The van der Waals surface area contributed by atoms with Crippen molar-refractivity contribution < 1.29 is 9.53 Å². The second-order valence-corrected chi connectivity index (χ2v) is 6.70. The summed E-state index contributed by atoms with van der Waals surface area (Å²) < 4.78 is 5.69. The smallest absolute Gasteiger partial charge is 0.173 e. The quantitative estimate of drug-likeness (QED) is 0.817. The molecule has 18 heavy (non-hydrogen) atoms. The van der Waals surface area contributed by atoms with E-state index in [4.69, 9.17) is 4.74 Å². The number of ether oxygens (including phenoxy) is 1. The second-order valence-electron chi connectivity index (χ2n) is 5.79. The zero-order valence-electron chi connectivity index (χ0n) is 11.4. The van der Waals surface area contributed by atoms with Gasteiger partial charge in [-0.15, -0.1) is 0 Å². The van der Waals surface area contributed by atoms with E-state index in [1.54, 1.807) is 11.8 Å². The Balaban J connectivity index is 2.37. The van der Waals surface area contributed by atoms with Gasteiger partial charge in [0.15, 0.2) is 5.78 Å². The van der Waals surface area contributed by atoms with Gasteiger partial charge in [0, 0.05) is 5.75 Å². The summed E-state index contributed by atoms with van der Waals surface area (Å²) in [5, 5.41) is 0. The average molecular weight is 264 g/mol. The predicted octanol–water partition coefficient (Wildman–Crippen LogP) is 3.54. The van der Waals surface area contributed by atoms with Crippen LogP contribution in [0.1, 0.15) is 36.7 Å². The summed E-state index contributed by atoms with van der Waals surface area (Å²) in [5.74, 6) is 1.81. The summed E-state index contributed by atoms with van der Waals surface area (Å²) in [6.45, 7) is 6.98. The summed E-state index contributed by atoms with van der Waals surface area (Å²) in [6.07, 6.45) is 2.02. The van der Waals surface area contributed by atoms with Crippen LogP contribution in [0.3, 0.4) is 0 Å². The van der Waals surface area contributed by atoms with Crippen LogP contribution in [0, 0.1) is 5.92 Å². The first-order valence-electron chi connectivity index (χ1n) is 6.24. The first-order chi connectivity index (χ1) is 8.43. The number of rotatable bonds is 2. The van der Waals surface area contributed by atoms with Crippen LogP contribution in [0.5, 0.6) is 5.75 Å². The molecule has 3 heteroatoms. The molecule has 0 spiro atoms. The van der Waals surface area contributed by atoms with Crippen molar-refractivity contribution in [3.05, 3.63) is 29.3 Å². The van der Waals surface area contributed by atoms with Gasteiger partial charge in [-0.05, 0) is 29.4 Å². The standard InChI is InChI=1S/C15H20O2S/c1-15(2,3)11-5-6-13-12(7-11)14(16)10(8-17-13)9-18-4/h5-7,10H,8-9H2,1-4H3. The third-order valence-corrected chi connectivity index (χ3v) is 4.03. The lowest BCUT2D eigenvalue weighted by atomic mass is 9.84. The Hall–Kier alpha value is -0.960. The van der Waals surface area contributed by atoms with Gasteiger partial charge in [0.2, 0.25) is 0 Å². The van der Waals surface area contributed by atoms with E-state index in [1.165, 1.54) is 5.56 Å². The highest BCUT2D eigenvalue weighted by Crippen LogP contribution is 2.33. The molecule has 1 unspecified atom stereocenters. The minimum Gasteiger partial charge on any atom is -0.492 e. The van der Waals surface area contributed by atoms with Crippen LogP contribution < -0.4 is 4.74 Å². The monoisotopic (exact) mass is 264 g/mol. The molecule has 0 amide bonds. The van der Waals surface area contributed by atoms with Gasteiger partial charge < -0.3 is 4.74 Å². The van der Waals surface area contributed by atoms with Crippen molar-refractivity contribution in [1.29, 1.82) is 0 Å². The van der Waals surface area contributed by atoms with Gasteiger partial charge in [-0.1, -0.05) is 26.8 Å². The van der Waals surface area contributed by atoms with Crippen LogP contribution in [-0.2, 0) is 5.41 Å². The second kappa shape index (κ2) is 4.96. The van der Waals surface area contributed by atoms with E-state index in [0.29, 0.717) is 6.61 Å². The zero-order chi connectivity index (χ0) is 13.3. The molecule has 1 atom stereocenters. The molecule has 2 nitrogen and oxygen atoms in total. The Kier molecular flexibility index (Phi) is 3.71. The van der Waals surface area contributed by atoms with E-state index in [1.807, 2.05) is 18.4 Å². The lowest BCUT2D eigenvalue weighted by molar-refractivity contribution is 0.0853. The number of ketones is 1. The molecule has 1 heterocycles. The summed E-state index contributed by atoms with van der Waals surface area (Å²) in [4.78, 5) is 12.4. The van der Waals surface area contributed by atoms with Crippen LogP contribution in [0.4, 0.5) is 0 Å². The Morgan fingerprint density at radius 3 is 2.72 bits per heavy atom. The highest BCUT2D eigenvalue weighted by molar-refractivity contribution is 7.98. The van der Waals surface area contributed by atoms with Gasteiger partial charge in [-0.2, -0.15) is 11.8 Å². The molecular formula is C15H20O2S. The summed E-state index contributed by atoms with van der Waals surface area (Å²) in [6, 6.07) is 5.99. The number of Topliss-reactive ketones (excluding diaryl/α,β-unsaturated/α-hetero) is 1. The summed E-state index contributed by atoms with van der Waals surface area (Å²) >= 11 is 1.70. The predicted molar refractivity (Wildman–Crippen MR) is 76.8 cm³/mol. The van der Waals surface area contributed by atoms with Gasteiger partial charge in [0.05, 0.1) is 18.1 Å². The Labute approximate surface area is 113 Å². The highest BCUT2D eigenvalue weighted by atomic mass is 32.2. The first-order valence-corrected chi connectivity index (χ1v) is 7.63. The van der Waals surface area contributed by atoms with E-state index in [2.05, 4.69) is 26.8 Å². The van der Waals surface area contributed by atoms with Crippen LogP contribution >= 0.6 is 11.8 Å². The van der Waals surface area contributed by atoms with E-state index in [0.717, 1.165) is 17.1 Å². The van der Waals surface area contributed by atoms with Crippen LogP contribution in [0.2, 0.25) is 0 Å². The maximum Gasteiger partial charge on any atom is 0.173 e. The molecule has 0 aliphatic carbocycles. The molecule has 98 valence electrons. The molecule has 2 rings (SSSR count). The van der Waals surface area contributed by atoms with Gasteiger partial charge in [-0.3, -0.25) is 4.79 Å². The Bertz CT molecular complexity index is 460. The summed E-state index contributed by atoms with van der Waals surface area (Å²) in [7, 11) is 0. The zero-order valence-corrected chi connectivity index (χ0v) is 12.3. The van der Waals surface area contributed by atoms with E-state index >= 15 is 0 Å². The number of hydrogen-bond acceptors (Lipinski definition) is 3. The molecule has 0 fully saturated rings. The van der Waals surface area contributed by atoms with E-state index < -0.39 is 0 Å². The average Bonchev–Trinajstić information content (AvgIpc) is 2.31. The molecule has 1 aromatic rings. The van der Waals surface area contributed by atoms with Gasteiger partial charge in [0.25, 0.3) is 0 Å². The molecular weight excluding hydrogens is 244 g/mol. The summed E-state index contributed by atoms with van der Waals surface area (Å²) in [5.41, 5.74) is 2.00. The lowest BCUT2D eigenvalue weighted by Crippen LogP contribution is -2.30. The fourth-order valence-corrected chi connectivity index (χ4v) is 2.78. The first kappa shape index (κ1) is 13.5. The van der Waals surface area contributed by atoms with Crippen molar-refractivity contribution in [3.8, 4) is 5.75 Å². The van der Waals surface area contributed by atoms with Crippen LogP contribution in [0.15, 0.2) is 18.2 Å². The van der Waals surface area contributed by atoms with Crippen molar-refractivity contribution in [2.75, 3.05) is 18.6 Å². The highest BCUT2D eigenvalue weighted by Gasteiger charge is 2.29. The fraction of sp³-hybridized carbons (Fsp3) is 0.533. The van der Waals surface area contributed by atoms with Crippen LogP contribution in [-0.4, -0.2) is 24.4 Å². The van der Waals surface area contributed by atoms with Gasteiger partial charge >= 0.3 is 0 Å². The third-order valence-electron chi connectivity index (χ3n) is 3.29. The van der Waals surface area contributed by atoms with Crippen molar-refractivity contribution >= 4 is 17.5 Å². The fourth-order valence-electron chi connectivity index (χ4n) is 2.13. The van der Waals surface area contributed by atoms with E-state index in [9.17, 15) is 4.79 Å². The number of benzene rings is 1. The number of hydrogen-bond donors (Lipinski definition) is 0. The molecule has 1 aliphatic heterocycles. The number of carbonyl (C=O) groups is 1. The third kappa shape index (κ3) is 2.56. The minimum atomic E-state index is 0.00252. The number of thioether (sulfide) groups is 1. The van der Waals surface area contributed by atoms with Crippen molar-refractivity contribution in [2.24, 2.45) is 5.92 Å². The van der Waals surface area contributed by atoms with Crippen molar-refractivity contribution in [2.45, 2.75) is 26.2 Å². The Morgan fingerprint density at radius 1 is 1.39 bits per heavy atom. The van der Waals surface area contributed by atoms with Crippen molar-refractivity contribution in [3.63, 3.8) is 0 Å². The molecule has 0 bridgehead atoms. The molecule has 0 aromatic heterocycles. The van der Waals surface area contributed by atoms with Gasteiger partial charge in [0.1, 0.15) is 5.75 Å². The lowest BCUT2D eigenvalue weighted by Gasteiger charge is -2.26. The normalized spacial score (nSPS) is 19.3. The molecule has 1 aliphatic rings. The molecule has 0 saturated carbocycles. The number of carbonyl (C=O) groups excluding carboxylic acids is 1. The molecule has 1 aromatic carbocycles. The molecule has 0 radical (unpaired) electrons. The maximum absolute atomic E-state index is 12.4. The van der Waals surface area contributed by atoms with E-state index in [-0.39, 0.29) is 17.1 Å².